The van der Waals surface area contributed by atoms with Crippen LogP contribution in [0.3, 0.4) is 0 Å². The lowest BCUT2D eigenvalue weighted by Gasteiger charge is -2.05. The Bertz CT molecular complexity index is 1350. The summed E-state index contributed by atoms with van der Waals surface area (Å²) in [6.07, 6.45) is 1.50. The van der Waals surface area contributed by atoms with E-state index in [4.69, 9.17) is 9.47 Å². The fourth-order valence-electron chi connectivity index (χ4n) is 3.07. The van der Waals surface area contributed by atoms with E-state index >= 15 is 0 Å². The van der Waals surface area contributed by atoms with Crippen LogP contribution in [-0.4, -0.2) is 31.9 Å². The van der Waals surface area contributed by atoms with Crippen LogP contribution in [0.2, 0.25) is 0 Å². The minimum atomic E-state index is -0.503. The first-order chi connectivity index (χ1) is 15.0. The summed E-state index contributed by atoms with van der Waals surface area (Å²) >= 11 is 0. The van der Waals surface area contributed by atoms with Crippen molar-refractivity contribution in [1.29, 1.82) is 0 Å². The van der Waals surface area contributed by atoms with E-state index in [2.05, 4.69) is 20.7 Å². The molecule has 0 spiro atoms. The predicted octanol–water partition coefficient (Wildman–Crippen LogP) is 2.14. The molecule has 0 saturated heterocycles. The highest BCUT2D eigenvalue weighted by Gasteiger charge is 2.16. The normalized spacial score (nSPS) is 12.2. The molecule has 1 aliphatic rings. The van der Waals surface area contributed by atoms with Crippen LogP contribution in [0.25, 0.3) is 5.78 Å². The summed E-state index contributed by atoms with van der Waals surface area (Å²) in [7, 11) is 0. The molecule has 0 radical (unpaired) electrons. The Morgan fingerprint density at radius 3 is 2.68 bits per heavy atom. The van der Waals surface area contributed by atoms with E-state index in [-0.39, 0.29) is 24.9 Å². The monoisotopic (exact) mass is 422 g/mol. The van der Waals surface area contributed by atoms with Gasteiger partial charge in [0.1, 0.15) is 18.2 Å². The van der Waals surface area contributed by atoms with Gasteiger partial charge < -0.3 is 20.1 Å². The Labute approximate surface area is 173 Å². The average Bonchev–Trinajstić information content (AvgIpc) is 3.34. The number of halogens is 1. The first kappa shape index (κ1) is 18.6. The van der Waals surface area contributed by atoms with Gasteiger partial charge in [-0.05, 0) is 42.5 Å². The smallest absolute Gasteiger partial charge is 0.352 e. The molecule has 3 heterocycles. The highest BCUT2D eigenvalue weighted by molar-refractivity contribution is 5.90. The summed E-state index contributed by atoms with van der Waals surface area (Å²) in [6, 6.07) is 12.3. The van der Waals surface area contributed by atoms with Gasteiger partial charge >= 0.3 is 5.69 Å². The second-order valence-electron chi connectivity index (χ2n) is 6.67. The lowest BCUT2D eigenvalue weighted by atomic mass is 10.3. The second-order valence-corrected chi connectivity index (χ2v) is 6.67. The molecule has 156 valence electrons. The number of fused-ring (bicyclic) bond motifs is 2. The number of nitrogens with zero attached hydrogens (tertiary/aromatic N) is 4. The zero-order valence-corrected chi connectivity index (χ0v) is 15.9. The van der Waals surface area contributed by atoms with Gasteiger partial charge in [0.2, 0.25) is 12.7 Å². The van der Waals surface area contributed by atoms with Crippen molar-refractivity contribution in [2.24, 2.45) is 0 Å². The minimum absolute atomic E-state index is 0.119. The largest absolute Gasteiger partial charge is 0.454 e. The zero-order chi connectivity index (χ0) is 21.4. The van der Waals surface area contributed by atoms with Gasteiger partial charge in [0, 0.05) is 23.6 Å². The van der Waals surface area contributed by atoms with Gasteiger partial charge in [0.15, 0.2) is 11.5 Å². The summed E-state index contributed by atoms with van der Waals surface area (Å²) in [6.45, 7) is -0.161. The van der Waals surface area contributed by atoms with Crippen LogP contribution in [0.15, 0.2) is 59.5 Å². The van der Waals surface area contributed by atoms with Crippen molar-refractivity contribution in [3.05, 3.63) is 71.0 Å². The van der Waals surface area contributed by atoms with Crippen LogP contribution in [-0.2, 0) is 11.3 Å². The van der Waals surface area contributed by atoms with Crippen molar-refractivity contribution < 1.29 is 18.7 Å². The summed E-state index contributed by atoms with van der Waals surface area (Å²) in [5.41, 5.74) is 0.634. The molecule has 2 aromatic heterocycles. The number of aromatic nitrogens is 4. The van der Waals surface area contributed by atoms with E-state index in [0.717, 1.165) is 4.68 Å². The molecule has 11 heteroatoms. The topological polar surface area (TPSA) is 112 Å². The molecular weight excluding hydrogens is 407 g/mol. The van der Waals surface area contributed by atoms with E-state index in [0.29, 0.717) is 28.7 Å². The number of nitrogens with one attached hydrogen (secondary N) is 2. The maximum Gasteiger partial charge on any atom is 0.352 e. The number of amides is 1. The highest BCUT2D eigenvalue weighted by Crippen LogP contribution is 2.34. The standard InChI is InChI=1S/C20H15FN6O4/c21-12-1-3-13(4-2-12)22-17-7-8-26-19(24-17)25-27(20(26)29)10-18(28)23-14-5-6-15-16(9-14)31-11-30-15/h1-9H,10-11H2,(H,23,28)(H,22,24,25). The van der Waals surface area contributed by atoms with Crippen molar-refractivity contribution in [2.45, 2.75) is 6.54 Å². The molecule has 10 nitrogen and oxygen atoms in total. The third-order valence-electron chi connectivity index (χ3n) is 4.52. The number of ether oxygens (including phenoxy) is 2. The van der Waals surface area contributed by atoms with Gasteiger partial charge in [0.05, 0.1) is 0 Å². The fraction of sp³-hybridized carbons (Fsp3) is 0.100. The Hall–Kier alpha value is -4.41. The van der Waals surface area contributed by atoms with Gasteiger partial charge in [-0.2, -0.15) is 4.98 Å². The maximum absolute atomic E-state index is 13.0. The number of hydrogen-bond acceptors (Lipinski definition) is 7. The Morgan fingerprint density at radius 1 is 1.06 bits per heavy atom. The van der Waals surface area contributed by atoms with E-state index in [1.54, 1.807) is 36.4 Å². The molecule has 31 heavy (non-hydrogen) atoms. The molecule has 1 amide bonds. The molecule has 4 aromatic rings. The van der Waals surface area contributed by atoms with Crippen LogP contribution in [0.4, 0.5) is 21.6 Å². The summed E-state index contributed by atoms with van der Waals surface area (Å²) in [5.74, 6) is 0.889. The van der Waals surface area contributed by atoms with Gasteiger partial charge in [-0.1, -0.05) is 0 Å². The van der Waals surface area contributed by atoms with Gasteiger partial charge in [-0.3, -0.25) is 4.79 Å². The summed E-state index contributed by atoms with van der Waals surface area (Å²) < 4.78 is 25.8. The first-order valence-corrected chi connectivity index (χ1v) is 9.23. The van der Waals surface area contributed by atoms with Crippen LogP contribution < -0.4 is 25.8 Å². The van der Waals surface area contributed by atoms with Crippen LogP contribution in [0.5, 0.6) is 11.5 Å². The Morgan fingerprint density at radius 2 is 1.84 bits per heavy atom. The van der Waals surface area contributed by atoms with Crippen LogP contribution in [0.1, 0.15) is 0 Å². The molecule has 1 aliphatic heterocycles. The van der Waals surface area contributed by atoms with E-state index in [1.807, 2.05) is 0 Å². The molecule has 5 rings (SSSR count). The average molecular weight is 422 g/mol. The SMILES string of the molecule is O=C(Cn1nc2nc(Nc3ccc(F)cc3)ccn2c1=O)Nc1ccc2c(c1)OCO2. The number of benzene rings is 2. The molecule has 0 saturated carbocycles. The maximum atomic E-state index is 13.0. The third-order valence-corrected chi connectivity index (χ3v) is 4.52. The van der Waals surface area contributed by atoms with Gasteiger partial charge in [-0.25, -0.2) is 18.3 Å². The summed E-state index contributed by atoms with van der Waals surface area (Å²) in [5, 5.41) is 9.81. The van der Waals surface area contributed by atoms with Gasteiger partial charge in [-0.15, -0.1) is 5.10 Å². The quantitative estimate of drug-likeness (QED) is 0.507. The molecule has 0 fully saturated rings. The molecule has 0 aliphatic carbocycles. The lowest BCUT2D eigenvalue weighted by Crippen LogP contribution is -2.28. The van der Waals surface area contributed by atoms with Crippen molar-refractivity contribution in [3.8, 4) is 11.5 Å². The highest BCUT2D eigenvalue weighted by atomic mass is 19.1. The van der Waals surface area contributed by atoms with E-state index < -0.39 is 11.6 Å². The third kappa shape index (κ3) is 3.75. The van der Waals surface area contributed by atoms with Crippen molar-refractivity contribution in [1.82, 2.24) is 19.2 Å². The number of carbonyl (C=O) groups is 1. The number of hydrogen-bond donors (Lipinski definition) is 2. The Kier molecular flexibility index (Phi) is 4.47. The minimum Gasteiger partial charge on any atom is -0.454 e. The summed E-state index contributed by atoms with van der Waals surface area (Å²) in [4.78, 5) is 29.2. The van der Waals surface area contributed by atoms with Crippen molar-refractivity contribution >= 4 is 28.9 Å². The van der Waals surface area contributed by atoms with E-state index in [1.165, 1.54) is 22.7 Å². The lowest BCUT2D eigenvalue weighted by molar-refractivity contribution is -0.117. The predicted molar refractivity (Wildman–Crippen MR) is 108 cm³/mol. The van der Waals surface area contributed by atoms with E-state index in [9.17, 15) is 14.0 Å². The number of carbonyl (C=O) groups excluding carboxylic acids is 1. The molecule has 0 bridgehead atoms. The Balaban J connectivity index is 1.32. The zero-order valence-electron chi connectivity index (χ0n) is 15.9. The molecule has 2 aromatic carbocycles. The fourth-order valence-corrected chi connectivity index (χ4v) is 3.07. The second kappa shape index (κ2) is 7.44. The number of anilines is 3. The van der Waals surface area contributed by atoms with Crippen LogP contribution >= 0.6 is 0 Å². The molecule has 0 atom stereocenters. The van der Waals surface area contributed by atoms with Crippen molar-refractivity contribution in [2.75, 3.05) is 17.4 Å². The molecule has 0 unspecified atom stereocenters. The first-order valence-electron chi connectivity index (χ1n) is 9.23. The number of rotatable bonds is 5. The van der Waals surface area contributed by atoms with Crippen LogP contribution in [0, 0.1) is 5.82 Å². The van der Waals surface area contributed by atoms with Crippen molar-refractivity contribution in [3.63, 3.8) is 0 Å². The molecule has 2 N–H and O–H groups in total. The van der Waals surface area contributed by atoms with Gasteiger partial charge in [0.25, 0.3) is 5.78 Å². The molecular formula is C20H15FN6O4.